The number of carbonyl (C=O) groups excluding carboxylic acids is 2. The highest BCUT2D eigenvalue weighted by Crippen LogP contribution is 2.24. The second-order valence-electron chi connectivity index (χ2n) is 4.94. The highest BCUT2D eigenvalue weighted by Gasteiger charge is 2.41. The molecule has 20 heavy (non-hydrogen) atoms. The molecule has 1 aromatic carbocycles. The van der Waals surface area contributed by atoms with Gasteiger partial charge in [0.1, 0.15) is 25.2 Å². The molecule has 0 atom stereocenters. The normalized spacial score (nSPS) is 17.0. The predicted molar refractivity (Wildman–Crippen MR) is 67.6 cm³/mol. The van der Waals surface area contributed by atoms with Crippen LogP contribution < -0.4 is 0 Å². The van der Waals surface area contributed by atoms with E-state index in [0.717, 1.165) is 11.1 Å². The van der Waals surface area contributed by atoms with Crippen molar-refractivity contribution in [2.75, 3.05) is 13.2 Å². The van der Waals surface area contributed by atoms with Crippen molar-refractivity contribution in [3.63, 3.8) is 0 Å². The largest absolute Gasteiger partial charge is 0.508 e. The third-order valence-corrected chi connectivity index (χ3v) is 3.09. The third kappa shape index (κ3) is 3.27. The van der Waals surface area contributed by atoms with Crippen LogP contribution in [0, 0.1) is 5.41 Å². The monoisotopic (exact) mass is 280 g/mol. The van der Waals surface area contributed by atoms with E-state index in [2.05, 4.69) is 0 Å². The molecule has 2 rings (SSSR count). The zero-order chi connectivity index (χ0) is 14.6. The third-order valence-electron chi connectivity index (χ3n) is 3.09. The van der Waals surface area contributed by atoms with Crippen LogP contribution in [0.1, 0.15) is 18.1 Å². The topological polar surface area (TPSA) is 82.1 Å². The van der Waals surface area contributed by atoms with Gasteiger partial charge in [-0.3, -0.25) is 4.79 Å². The van der Waals surface area contributed by atoms with Crippen LogP contribution in [-0.2, 0) is 32.2 Å². The molecule has 108 valence electrons. The molecule has 1 fully saturated rings. The number of ether oxygens (including phenoxy) is 3. The Labute approximate surface area is 116 Å². The molecule has 1 aliphatic heterocycles. The summed E-state index contributed by atoms with van der Waals surface area (Å²) >= 11 is 0. The Morgan fingerprint density at radius 1 is 1.25 bits per heavy atom. The quantitative estimate of drug-likeness (QED) is 0.839. The van der Waals surface area contributed by atoms with Gasteiger partial charge in [-0.05, 0) is 18.1 Å². The number of cyclic esters (lactones) is 2. The highest BCUT2D eigenvalue weighted by atomic mass is 16.7. The van der Waals surface area contributed by atoms with Crippen molar-refractivity contribution < 1.29 is 28.9 Å². The number of esters is 1. The molecule has 6 heteroatoms. The van der Waals surface area contributed by atoms with Crippen molar-refractivity contribution in [3.8, 4) is 0 Å². The highest BCUT2D eigenvalue weighted by molar-refractivity contribution is 5.78. The molecule has 0 aliphatic carbocycles. The first kappa shape index (κ1) is 14.3. The Morgan fingerprint density at radius 3 is 2.35 bits per heavy atom. The van der Waals surface area contributed by atoms with Crippen LogP contribution >= 0.6 is 0 Å². The van der Waals surface area contributed by atoms with Crippen molar-refractivity contribution >= 4 is 12.1 Å². The Hall–Kier alpha value is -2.08. The van der Waals surface area contributed by atoms with Gasteiger partial charge in [0.05, 0.1) is 6.61 Å². The maximum absolute atomic E-state index is 12.0. The Morgan fingerprint density at radius 2 is 1.80 bits per heavy atom. The molecule has 0 radical (unpaired) electrons. The number of carbonyl (C=O) groups is 2. The molecule has 1 heterocycles. The van der Waals surface area contributed by atoms with E-state index < -0.39 is 17.5 Å². The van der Waals surface area contributed by atoms with E-state index >= 15 is 0 Å². The van der Waals surface area contributed by atoms with E-state index in [9.17, 15) is 9.59 Å². The summed E-state index contributed by atoms with van der Waals surface area (Å²) in [4.78, 5) is 22.8. The summed E-state index contributed by atoms with van der Waals surface area (Å²) in [6, 6.07) is 7.07. The van der Waals surface area contributed by atoms with Crippen molar-refractivity contribution in [2.24, 2.45) is 5.41 Å². The van der Waals surface area contributed by atoms with E-state index in [-0.39, 0.29) is 26.4 Å². The molecule has 1 N–H and O–H groups in total. The number of aliphatic hydroxyl groups excluding tert-OH is 1. The Bertz CT molecular complexity index is 483. The zero-order valence-corrected chi connectivity index (χ0v) is 11.1. The number of hydrogen-bond donors (Lipinski definition) is 1. The number of aliphatic hydroxyl groups is 1. The van der Waals surface area contributed by atoms with Gasteiger partial charge in [-0.15, -0.1) is 0 Å². The van der Waals surface area contributed by atoms with Crippen LogP contribution in [0.2, 0.25) is 0 Å². The zero-order valence-electron chi connectivity index (χ0n) is 11.1. The SMILES string of the molecule is CC1(C(=O)OCc2ccc(CO)cc2)COC(=O)OC1. The molecule has 0 amide bonds. The molecular formula is C14H16O6. The summed E-state index contributed by atoms with van der Waals surface area (Å²) in [7, 11) is 0. The van der Waals surface area contributed by atoms with E-state index in [1.807, 2.05) is 0 Å². The molecule has 0 unspecified atom stereocenters. The fourth-order valence-electron chi connectivity index (χ4n) is 1.70. The van der Waals surface area contributed by atoms with Crippen molar-refractivity contribution in [3.05, 3.63) is 35.4 Å². The lowest BCUT2D eigenvalue weighted by Gasteiger charge is -2.29. The second-order valence-corrected chi connectivity index (χ2v) is 4.94. The van der Waals surface area contributed by atoms with E-state index in [4.69, 9.17) is 19.3 Å². The van der Waals surface area contributed by atoms with Gasteiger partial charge in [0.25, 0.3) is 0 Å². The first-order valence-corrected chi connectivity index (χ1v) is 6.19. The van der Waals surface area contributed by atoms with Gasteiger partial charge in [-0.25, -0.2) is 4.79 Å². The number of rotatable bonds is 4. The minimum atomic E-state index is -0.973. The predicted octanol–water partition coefficient (Wildman–Crippen LogP) is 1.40. The van der Waals surface area contributed by atoms with Crippen LogP contribution in [0.5, 0.6) is 0 Å². The standard InChI is InChI=1S/C14H16O6/c1-14(8-19-13(17)20-9-14)12(16)18-7-11-4-2-10(6-15)3-5-11/h2-5,15H,6-9H2,1H3. The molecule has 0 saturated carbocycles. The second kappa shape index (κ2) is 5.92. The maximum atomic E-state index is 12.0. The lowest BCUT2D eigenvalue weighted by atomic mass is 9.92. The van der Waals surface area contributed by atoms with E-state index in [1.165, 1.54) is 0 Å². The van der Waals surface area contributed by atoms with Gasteiger partial charge in [0.15, 0.2) is 0 Å². The van der Waals surface area contributed by atoms with Crippen molar-refractivity contribution in [2.45, 2.75) is 20.1 Å². The Balaban J connectivity index is 1.89. The maximum Gasteiger partial charge on any atom is 0.508 e. The van der Waals surface area contributed by atoms with Crippen LogP contribution in [-0.4, -0.2) is 30.4 Å². The van der Waals surface area contributed by atoms with Gasteiger partial charge in [-0.2, -0.15) is 0 Å². The summed E-state index contributed by atoms with van der Waals surface area (Å²) in [5.74, 6) is -0.476. The van der Waals surface area contributed by atoms with Crippen LogP contribution in [0.3, 0.4) is 0 Å². The van der Waals surface area contributed by atoms with Gasteiger partial charge in [0, 0.05) is 0 Å². The summed E-state index contributed by atoms with van der Waals surface area (Å²) in [5.41, 5.74) is 0.631. The van der Waals surface area contributed by atoms with Gasteiger partial charge in [0.2, 0.25) is 0 Å². The molecule has 0 bridgehead atoms. The van der Waals surface area contributed by atoms with Gasteiger partial charge >= 0.3 is 12.1 Å². The molecule has 0 spiro atoms. The first-order valence-electron chi connectivity index (χ1n) is 6.19. The lowest BCUT2D eigenvalue weighted by molar-refractivity contribution is -0.167. The molecule has 1 saturated heterocycles. The first-order chi connectivity index (χ1) is 9.53. The molecule has 6 nitrogen and oxygen atoms in total. The van der Waals surface area contributed by atoms with Crippen LogP contribution in [0.4, 0.5) is 4.79 Å². The van der Waals surface area contributed by atoms with E-state index in [1.54, 1.807) is 31.2 Å². The fraction of sp³-hybridized carbons (Fsp3) is 0.429. The van der Waals surface area contributed by atoms with Crippen LogP contribution in [0.25, 0.3) is 0 Å². The van der Waals surface area contributed by atoms with Crippen molar-refractivity contribution in [1.82, 2.24) is 0 Å². The minimum Gasteiger partial charge on any atom is -0.460 e. The van der Waals surface area contributed by atoms with Crippen molar-refractivity contribution in [1.29, 1.82) is 0 Å². The van der Waals surface area contributed by atoms with Gasteiger partial charge < -0.3 is 19.3 Å². The smallest absolute Gasteiger partial charge is 0.460 e. The van der Waals surface area contributed by atoms with E-state index in [0.29, 0.717) is 0 Å². The number of benzene rings is 1. The summed E-state index contributed by atoms with van der Waals surface area (Å²) in [6.45, 7) is 1.62. The summed E-state index contributed by atoms with van der Waals surface area (Å²) in [5, 5.41) is 8.93. The Kier molecular flexibility index (Phi) is 4.24. The number of hydrogen-bond acceptors (Lipinski definition) is 6. The average molecular weight is 280 g/mol. The molecule has 1 aromatic rings. The van der Waals surface area contributed by atoms with Crippen LogP contribution in [0.15, 0.2) is 24.3 Å². The van der Waals surface area contributed by atoms with Gasteiger partial charge in [-0.1, -0.05) is 24.3 Å². The molecule has 0 aromatic heterocycles. The summed E-state index contributed by atoms with van der Waals surface area (Å²) in [6.07, 6.45) is -0.769. The molecular weight excluding hydrogens is 264 g/mol. The minimum absolute atomic E-state index is 0.0269. The molecule has 1 aliphatic rings. The summed E-state index contributed by atoms with van der Waals surface area (Å²) < 4.78 is 14.6. The fourth-order valence-corrected chi connectivity index (χ4v) is 1.70. The average Bonchev–Trinajstić information content (AvgIpc) is 2.48. The lowest BCUT2D eigenvalue weighted by Crippen LogP contribution is -2.44.